The first kappa shape index (κ1) is 28.3. The fourth-order valence-corrected chi connectivity index (χ4v) is 6.53. The quantitative estimate of drug-likeness (QED) is 0.336. The number of thioether (sulfide) groups is 2. The van der Waals surface area contributed by atoms with Crippen molar-refractivity contribution in [2.24, 2.45) is 0 Å². The lowest BCUT2D eigenvalue weighted by molar-refractivity contribution is -0.144. The molecule has 2 amide bonds. The third-order valence-electron chi connectivity index (χ3n) is 6.25. The SMILES string of the molecule is O=C(SCCC(=O)N1[C@@H](c2ccccc2O)SC[C@H]1C(=O)NC(Cc1ccccc1)C(=O)O)c1ccccc1. The second-order valence-corrected chi connectivity index (χ2v) is 11.1. The van der Waals surface area contributed by atoms with Gasteiger partial charge in [-0.15, -0.1) is 11.8 Å². The van der Waals surface area contributed by atoms with Crippen LogP contribution in [-0.2, 0) is 20.8 Å². The van der Waals surface area contributed by atoms with Crippen molar-refractivity contribution in [2.75, 3.05) is 11.5 Å². The summed E-state index contributed by atoms with van der Waals surface area (Å²) in [6.45, 7) is 0. The number of hydrogen-bond donors (Lipinski definition) is 3. The highest BCUT2D eigenvalue weighted by atomic mass is 32.2. The average molecular weight is 565 g/mol. The molecule has 0 spiro atoms. The van der Waals surface area contributed by atoms with E-state index in [0.29, 0.717) is 11.1 Å². The molecule has 1 unspecified atom stereocenters. The van der Waals surface area contributed by atoms with Crippen LogP contribution in [0.5, 0.6) is 5.75 Å². The third kappa shape index (κ3) is 7.21. The number of aliphatic carboxylic acids is 1. The molecule has 3 aromatic carbocycles. The molecule has 0 radical (unpaired) electrons. The number of nitrogens with one attached hydrogen (secondary N) is 1. The van der Waals surface area contributed by atoms with Crippen molar-refractivity contribution in [1.29, 1.82) is 0 Å². The van der Waals surface area contributed by atoms with Crippen molar-refractivity contribution in [3.05, 3.63) is 102 Å². The Morgan fingerprint density at radius 3 is 2.26 bits per heavy atom. The fraction of sp³-hybridized carbons (Fsp3) is 0.241. The molecule has 39 heavy (non-hydrogen) atoms. The number of carboxylic acids is 1. The normalized spacial score (nSPS) is 17.4. The summed E-state index contributed by atoms with van der Waals surface area (Å²) >= 11 is 2.34. The van der Waals surface area contributed by atoms with E-state index in [2.05, 4.69) is 5.32 Å². The van der Waals surface area contributed by atoms with Gasteiger partial charge in [-0.1, -0.05) is 90.6 Å². The Hall–Kier alpha value is -3.76. The van der Waals surface area contributed by atoms with Gasteiger partial charge in [-0.05, 0) is 11.6 Å². The van der Waals surface area contributed by atoms with Crippen LogP contribution in [0.3, 0.4) is 0 Å². The molecule has 3 N–H and O–H groups in total. The van der Waals surface area contributed by atoms with Crippen LogP contribution in [0.4, 0.5) is 0 Å². The van der Waals surface area contributed by atoms with Gasteiger partial charge in [0.1, 0.15) is 23.2 Å². The molecule has 3 aromatic rings. The number of para-hydroxylation sites is 1. The molecule has 8 nitrogen and oxygen atoms in total. The van der Waals surface area contributed by atoms with E-state index in [-0.39, 0.29) is 41.1 Å². The van der Waals surface area contributed by atoms with Gasteiger partial charge >= 0.3 is 5.97 Å². The van der Waals surface area contributed by atoms with Gasteiger partial charge in [-0.25, -0.2) is 4.79 Å². The van der Waals surface area contributed by atoms with Crippen molar-refractivity contribution in [1.82, 2.24) is 10.2 Å². The Morgan fingerprint density at radius 2 is 1.59 bits per heavy atom. The first-order valence-corrected chi connectivity index (χ1v) is 14.4. The van der Waals surface area contributed by atoms with Crippen LogP contribution >= 0.6 is 23.5 Å². The van der Waals surface area contributed by atoms with Gasteiger partial charge in [0.25, 0.3) is 0 Å². The lowest BCUT2D eigenvalue weighted by atomic mass is 10.1. The molecular weight excluding hydrogens is 536 g/mol. The van der Waals surface area contributed by atoms with Gasteiger partial charge in [-0.2, -0.15) is 0 Å². The van der Waals surface area contributed by atoms with E-state index in [4.69, 9.17) is 0 Å². The minimum Gasteiger partial charge on any atom is -0.508 e. The topological polar surface area (TPSA) is 124 Å². The molecule has 202 valence electrons. The number of carbonyl (C=O) groups is 4. The summed E-state index contributed by atoms with van der Waals surface area (Å²) in [6, 6.07) is 22.2. The highest BCUT2D eigenvalue weighted by molar-refractivity contribution is 8.14. The number of hydrogen-bond acceptors (Lipinski definition) is 7. The van der Waals surface area contributed by atoms with Gasteiger partial charge in [-0.3, -0.25) is 14.4 Å². The van der Waals surface area contributed by atoms with E-state index >= 15 is 0 Å². The Labute approximate surface area is 234 Å². The highest BCUT2D eigenvalue weighted by Crippen LogP contribution is 2.44. The van der Waals surface area contributed by atoms with Crippen LogP contribution in [0.2, 0.25) is 0 Å². The fourth-order valence-electron chi connectivity index (χ4n) is 4.28. The summed E-state index contributed by atoms with van der Waals surface area (Å²) in [6.07, 6.45) is 0.0842. The molecule has 0 bridgehead atoms. The number of aromatic hydroxyl groups is 1. The van der Waals surface area contributed by atoms with Crippen LogP contribution in [-0.4, -0.2) is 61.6 Å². The van der Waals surface area contributed by atoms with Crippen molar-refractivity contribution in [3.8, 4) is 5.75 Å². The first-order valence-electron chi connectivity index (χ1n) is 12.3. The minimum absolute atomic E-state index is 0.00465. The van der Waals surface area contributed by atoms with Crippen LogP contribution in [0.15, 0.2) is 84.9 Å². The summed E-state index contributed by atoms with van der Waals surface area (Å²) in [5.74, 6) is -1.69. The largest absolute Gasteiger partial charge is 0.508 e. The van der Waals surface area contributed by atoms with E-state index in [0.717, 1.165) is 17.3 Å². The molecule has 10 heteroatoms. The highest BCUT2D eigenvalue weighted by Gasteiger charge is 2.43. The number of nitrogens with zero attached hydrogens (tertiary/aromatic N) is 1. The van der Waals surface area contributed by atoms with Gasteiger partial charge in [0.2, 0.25) is 16.9 Å². The smallest absolute Gasteiger partial charge is 0.326 e. The van der Waals surface area contributed by atoms with Crippen LogP contribution in [0.1, 0.15) is 33.3 Å². The number of amides is 2. The Bertz CT molecular complexity index is 1320. The van der Waals surface area contributed by atoms with E-state index in [9.17, 15) is 29.4 Å². The van der Waals surface area contributed by atoms with Gasteiger partial charge < -0.3 is 20.4 Å². The summed E-state index contributed by atoms with van der Waals surface area (Å²) in [7, 11) is 0. The molecule has 1 fully saturated rings. The molecule has 1 heterocycles. The zero-order valence-electron chi connectivity index (χ0n) is 20.9. The van der Waals surface area contributed by atoms with Crippen LogP contribution in [0.25, 0.3) is 0 Å². The second-order valence-electron chi connectivity index (χ2n) is 8.90. The van der Waals surface area contributed by atoms with Crippen molar-refractivity contribution in [3.63, 3.8) is 0 Å². The average Bonchev–Trinajstić information content (AvgIpc) is 3.39. The number of carbonyl (C=O) groups excluding carboxylic acids is 3. The predicted molar refractivity (Wildman–Crippen MR) is 151 cm³/mol. The van der Waals surface area contributed by atoms with E-state index in [1.54, 1.807) is 66.7 Å². The molecule has 0 aliphatic carbocycles. The summed E-state index contributed by atoms with van der Waals surface area (Å²) in [5.41, 5.74) is 1.78. The van der Waals surface area contributed by atoms with Crippen LogP contribution in [0, 0.1) is 0 Å². The summed E-state index contributed by atoms with van der Waals surface area (Å²) in [5, 5.41) is 22.0. The van der Waals surface area contributed by atoms with E-state index < -0.39 is 29.3 Å². The zero-order valence-corrected chi connectivity index (χ0v) is 22.6. The summed E-state index contributed by atoms with van der Waals surface area (Å²) in [4.78, 5) is 52.7. The standard InChI is InChI=1S/C29H28N2O6S2/c32-24-14-8-7-13-21(24)27-31(25(33)15-16-38-29(37)20-11-5-2-6-12-20)23(18-39-27)26(34)30-22(28(35)36)17-19-9-3-1-4-10-19/h1-14,22-23,27,32H,15-18H2,(H,30,34)(H,35,36)/t22?,23-,27+/m0/s1. The van der Waals surface area contributed by atoms with Crippen molar-refractivity contribution in [2.45, 2.75) is 30.3 Å². The van der Waals surface area contributed by atoms with Gasteiger partial charge in [0.05, 0.1) is 0 Å². The van der Waals surface area contributed by atoms with E-state index in [1.807, 2.05) is 12.1 Å². The van der Waals surface area contributed by atoms with Crippen molar-refractivity contribution < 1.29 is 29.4 Å². The second kappa shape index (κ2) is 13.3. The monoisotopic (exact) mass is 564 g/mol. The Kier molecular flexibility index (Phi) is 9.67. The molecule has 4 rings (SSSR count). The van der Waals surface area contributed by atoms with Crippen molar-refractivity contribution >= 4 is 46.4 Å². The maximum Gasteiger partial charge on any atom is 0.326 e. The lowest BCUT2D eigenvalue weighted by Crippen LogP contribution is -2.52. The Morgan fingerprint density at radius 1 is 0.949 bits per heavy atom. The Balaban J connectivity index is 1.49. The molecule has 1 aliphatic heterocycles. The van der Waals surface area contributed by atoms with Gasteiger partial charge in [0.15, 0.2) is 0 Å². The molecular formula is C29H28N2O6S2. The maximum absolute atomic E-state index is 13.5. The molecule has 0 aromatic heterocycles. The third-order valence-corrected chi connectivity index (χ3v) is 8.46. The number of carboxylic acid groups (broad SMARTS) is 1. The molecule has 1 aliphatic rings. The summed E-state index contributed by atoms with van der Waals surface area (Å²) < 4.78 is 0. The lowest BCUT2D eigenvalue weighted by Gasteiger charge is -2.30. The van der Waals surface area contributed by atoms with E-state index in [1.165, 1.54) is 22.7 Å². The molecule has 3 atom stereocenters. The number of phenols is 1. The number of rotatable bonds is 10. The van der Waals surface area contributed by atoms with Crippen LogP contribution < -0.4 is 5.32 Å². The minimum atomic E-state index is -1.18. The van der Waals surface area contributed by atoms with Gasteiger partial charge in [0, 0.05) is 35.5 Å². The maximum atomic E-state index is 13.5. The molecule has 0 saturated carbocycles. The first-order chi connectivity index (χ1) is 18.8. The number of benzene rings is 3. The molecule has 1 saturated heterocycles. The number of phenolic OH excluding ortho intramolecular Hbond substituents is 1. The zero-order chi connectivity index (χ0) is 27.8. The predicted octanol–water partition coefficient (Wildman–Crippen LogP) is 4.11.